The van der Waals surface area contributed by atoms with E-state index in [9.17, 15) is 20.1 Å². The van der Waals surface area contributed by atoms with E-state index >= 15 is 0 Å². The minimum Gasteiger partial charge on any atom is -0.427 e. The van der Waals surface area contributed by atoms with Crippen molar-refractivity contribution in [3.05, 3.63) is 29.8 Å². The third-order valence-electron chi connectivity index (χ3n) is 7.92. The molecule has 148 valence electrons. The van der Waals surface area contributed by atoms with E-state index in [0.717, 1.165) is 24.8 Å². The Labute approximate surface area is 170 Å². The number of ketones is 1. The van der Waals surface area contributed by atoms with Crippen molar-refractivity contribution in [2.24, 2.45) is 34.5 Å². The number of hydrogen-bond acceptors (Lipinski definition) is 5. The summed E-state index contributed by atoms with van der Waals surface area (Å²) in [6, 6.07) is 11.3. The monoisotopic (exact) mass is 388 g/mol. The molecule has 0 aromatic heterocycles. The number of hydrogen-bond donors (Lipinski definition) is 0. The topological polar surface area (TPSA) is 90.9 Å². The van der Waals surface area contributed by atoms with Gasteiger partial charge in [0.15, 0.2) is 5.41 Å². The molecule has 0 amide bonds. The molecule has 4 bridgehead atoms. The van der Waals surface area contributed by atoms with E-state index < -0.39 is 23.2 Å². The van der Waals surface area contributed by atoms with E-state index in [4.69, 9.17) is 4.74 Å². The molecular weight excluding hydrogens is 364 g/mol. The Balaban J connectivity index is 1.45. The fraction of sp³-hybridized carbons (Fsp3) is 0.583. The van der Waals surface area contributed by atoms with E-state index in [-0.39, 0.29) is 11.2 Å². The summed E-state index contributed by atoms with van der Waals surface area (Å²) < 4.78 is 5.08. The maximum absolute atomic E-state index is 13.8. The minimum atomic E-state index is -1.27. The van der Waals surface area contributed by atoms with Gasteiger partial charge in [0.1, 0.15) is 11.5 Å². The van der Waals surface area contributed by atoms with E-state index in [1.54, 1.807) is 24.3 Å². The predicted molar refractivity (Wildman–Crippen MR) is 103 cm³/mol. The van der Waals surface area contributed by atoms with Gasteiger partial charge in [0, 0.05) is 18.3 Å². The molecule has 5 fully saturated rings. The number of nitriles is 2. The van der Waals surface area contributed by atoms with Crippen molar-refractivity contribution in [2.45, 2.75) is 51.4 Å². The number of ether oxygens (including phenoxy) is 1. The second kappa shape index (κ2) is 6.17. The van der Waals surface area contributed by atoms with Gasteiger partial charge in [-0.25, -0.2) is 0 Å². The fourth-order valence-corrected chi connectivity index (χ4v) is 7.16. The number of esters is 1. The van der Waals surface area contributed by atoms with E-state index in [1.807, 2.05) is 0 Å². The van der Waals surface area contributed by atoms with Crippen LogP contribution in [-0.4, -0.2) is 11.8 Å². The van der Waals surface area contributed by atoms with E-state index in [1.165, 1.54) is 26.2 Å². The molecular formula is C24H24N2O3. The van der Waals surface area contributed by atoms with Crippen molar-refractivity contribution in [1.82, 2.24) is 0 Å². The lowest BCUT2D eigenvalue weighted by Gasteiger charge is -2.56. The second-order valence-corrected chi connectivity index (χ2v) is 9.77. The Morgan fingerprint density at radius 1 is 0.966 bits per heavy atom. The normalized spacial score (nSPS) is 38.0. The van der Waals surface area contributed by atoms with Crippen LogP contribution in [0.15, 0.2) is 24.3 Å². The molecule has 5 saturated carbocycles. The lowest BCUT2D eigenvalue weighted by Crippen LogP contribution is -2.50. The Bertz CT molecular complexity index is 916. The first-order valence-electron chi connectivity index (χ1n) is 10.6. The molecule has 2 atom stereocenters. The first kappa shape index (κ1) is 18.4. The lowest BCUT2D eigenvalue weighted by molar-refractivity contribution is -0.145. The second-order valence-electron chi connectivity index (χ2n) is 9.77. The summed E-state index contributed by atoms with van der Waals surface area (Å²) in [4.78, 5) is 25.0. The average Bonchev–Trinajstić information content (AvgIpc) is 3.35. The van der Waals surface area contributed by atoms with E-state index in [0.29, 0.717) is 23.5 Å². The van der Waals surface area contributed by atoms with Crippen molar-refractivity contribution in [1.29, 1.82) is 10.5 Å². The molecule has 0 spiro atoms. The van der Waals surface area contributed by atoms with Crippen LogP contribution in [0.2, 0.25) is 0 Å². The summed E-state index contributed by atoms with van der Waals surface area (Å²) in [7, 11) is 0. The number of carbonyl (C=O) groups excluding carboxylic acids is 2. The highest BCUT2D eigenvalue weighted by Crippen LogP contribution is 2.70. The molecule has 5 aliphatic carbocycles. The number of carbonyl (C=O) groups is 2. The smallest absolute Gasteiger partial charge is 0.308 e. The van der Waals surface area contributed by atoms with Crippen LogP contribution >= 0.6 is 0 Å². The third kappa shape index (κ3) is 2.64. The quantitative estimate of drug-likeness (QED) is 0.571. The molecule has 0 saturated heterocycles. The minimum absolute atomic E-state index is 0.161. The highest BCUT2D eigenvalue weighted by Gasteiger charge is 2.73. The van der Waals surface area contributed by atoms with Crippen LogP contribution in [0, 0.1) is 57.2 Å². The van der Waals surface area contributed by atoms with Crippen LogP contribution in [0.4, 0.5) is 0 Å². The number of nitrogens with zero attached hydrogens (tertiary/aromatic N) is 2. The van der Waals surface area contributed by atoms with Crippen molar-refractivity contribution < 1.29 is 14.3 Å². The maximum Gasteiger partial charge on any atom is 0.308 e. The molecule has 1 aromatic carbocycles. The predicted octanol–water partition coefficient (Wildman–Crippen LogP) is 4.14. The first-order valence-corrected chi connectivity index (χ1v) is 10.6. The summed E-state index contributed by atoms with van der Waals surface area (Å²) >= 11 is 0. The largest absolute Gasteiger partial charge is 0.427 e. The molecule has 5 aliphatic rings. The summed E-state index contributed by atoms with van der Waals surface area (Å²) in [5, 5.41) is 19.7. The number of benzene rings is 1. The van der Waals surface area contributed by atoms with E-state index in [2.05, 4.69) is 12.1 Å². The Morgan fingerprint density at radius 2 is 1.48 bits per heavy atom. The van der Waals surface area contributed by atoms with Crippen molar-refractivity contribution >= 4 is 11.8 Å². The molecule has 5 heteroatoms. The molecule has 1 aromatic rings. The van der Waals surface area contributed by atoms with Crippen LogP contribution in [-0.2, 0) is 9.59 Å². The molecule has 0 heterocycles. The van der Waals surface area contributed by atoms with Crippen LogP contribution in [0.3, 0.4) is 0 Å². The average molecular weight is 388 g/mol. The third-order valence-corrected chi connectivity index (χ3v) is 7.92. The Morgan fingerprint density at radius 3 is 1.93 bits per heavy atom. The summed E-state index contributed by atoms with van der Waals surface area (Å²) in [6.45, 7) is 1.34. The molecule has 5 nitrogen and oxygen atoms in total. The van der Waals surface area contributed by atoms with Crippen LogP contribution in [0.1, 0.15) is 56.9 Å². The van der Waals surface area contributed by atoms with Gasteiger partial charge in [-0.3, -0.25) is 9.59 Å². The first-order chi connectivity index (χ1) is 13.9. The molecule has 0 aliphatic heterocycles. The van der Waals surface area contributed by atoms with Gasteiger partial charge in [-0.1, -0.05) is 12.1 Å². The zero-order valence-corrected chi connectivity index (χ0v) is 16.6. The molecule has 0 unspecified atom stereocenters. The van der Waals surface area contributed by atoms with Gasteiger partial charge in [-0.15, -0.1) is 0 Å². The van der Waals surface area contributed by atoms with Gasteiger partial charge in [-0.2, -0.15) is 10.5 Å². The lowest BCUT2D eigenvalue weighted by atomic mass is 9.48. The number of Topliss-reactive ketones (excluding diaryl/α,β-unsaturated/α-hetero) is 1. The van der Waals surface area contributed by atoms with Gasteiger partial charge >= 0.3 is 5.97 Å². The standard InChI is InChI=1S/C24H24N2O3/c1-14(27)29-19-4-2-18(3-5-19)20-21(24(20,12-25)13-26)22(28)23-9-15-6-16(10-23)8-17(7-15)11-23/h2-5,15-17,20-21H,6-11H2,1H3/t15?,16?,17?,20-,21+,23?/m1/s1. The SMILES string of the molecule is CC(=O)Oc1ccc([C@@H]2[C@@H](C(=O)C34CC5CC(CC(C5)C3)C4)C2(C#N)C#N)cc1. The molecule has 6 rings (SSSR count). The van der Waals surface area contributed by atoms with Crippen molar-refractivity contribution in [3.8, 4) is 17.9 Å². The van der Waals surface area contributed by atoms with Crippen molar-refractivity contribution in [2.75, 3.05) is 0 Å². The zero-order valence-electron chi connectivity index (χ0n) is 16.6. The van der Waals surface area contributed by atoms with Gasteiger partial charge in [-0.05, 0) is 74.0 Å². The highest BCUT2D eigenvalue weighted by atomic mass is 16.5. The Hall–Kier alpha value is -2.66. The van der Waals surface area contributed by atoms with Crippen molar-refractivity contribution in [3.63, 3.8) is 0 Å². The van der Waals surface area contributed by atoms with Gasteiger partial charge in [0.2, 0.25) is 0 Å². The van der Waals surface area contributed by atoms with Gasteiger partial charge in [0.05, 0.1) is 18.1 Å². The molecule has 0 N–H and O–H groups in total. The maximum atomic E-state index is 13.8. The summed E-state index contributed by atoms with van der Waals surface area (Å²) in [6.07, 6.45) is 6.58. The highest BCUT2D eigenvalue weighted by molar-refractivity contribution is 5.94. The van der Waals surface area contributed by atoms with Gasteiger partial charge in [0.25, 0.3) is 0 Å². The Kier molecular flexibility index (Phi) is 3.91. The summed E-state index contributed by atoms with van der Waals surface area (Å²) in [5.74, 6) is 1.16. The summed E-state index contributed by atoms with van der Waals surface area (Å²) in [5.41, 5.74) is -0.791. The van der Waals surface area contributed by atoms with Crippen LogP contribution in [0.5, 0.6) is 5.75 Å². The van der Waals surface area contributed by atoms with Gasteiger partial charge < -0.3 is 4.74 Å². The fourth-order valence-electron chi connectivity index (χ4n) is 7.16. The molecule has 29 heavy (non-hydrogen) atoms. The molecule has 0 radical (unpaired) electrons. The van der Waals surface area contributed by atoms with Crippen LogP contribution < -0.4 is 4.74 Å². The van der Waals surface area contributed by atoms with Crippen LogP contribution in [0.25, 0.3) is 0 Å². The number of rotatable bonds is 4. The zero-order chi connectivity index (χ0) is 20.4.